The van der Waals surface area contributed by atoms with Gasteiger partial charge < -0.3 is 9.88 Å². The average molecular weight is 292 g/mol. The van der Waals surface area contributed by atoms with E-state index in [1.165, 1.54) is 11.3 Å². The predicted octanol–water partition coefficient (Wildman–Crippen LogP) is 4.19. The van der Waals surface area contributed by atoms with Gasteiger partial charge in [0.2, 0.25) is 0 Å². The van der Waals surface area contributed by atoms with E-state index in [4.69, 9.17) is 11.6 Å². The number of halogens is 1. The Morgan fingerprint density at radius 1 is 1.35 bits per heavy atom. The molecule has 0 bridgehead atoms. The van der Waals surface area contributed by atoms with Crippen molar-refractivity contribution in [3.8, 4) is 0 Å². The summed E-state index contributed by atoms with van der Waals surface area (Å²) in [6, 6.07) is 8.39. The SMILES string of the molecule is CCCn1cncc1CNC(CC)c1cccc(Cl)c1. The maximum atomic E-state index is 6.07. The van der Waals surface area contributed by atoms with E-state index in [9.17, 15) is 0 Å². The molecule has 2 aromatic rings. The van der Waals surface area contributed by atoms with Gasteiger partial charge in [-0.2, -0.15) is 0 Å². The molecule has 0 saturated heterocycles. The lowest BCUT2D eigenvalue weighted by Gasteiger charge is -2.18. The van der Waals surface area contributed by atoms with Crippen molar-refractivity contribution in [3.05, 3.63) is 53.1 Å². The third-order valence-electron chi connectivity index (χ3n) is 3.45. The Morgan fingerprint density at radius 2 is 2.20 bits per heavy atom. The summed E-state index contributed by atoms with van der Waals surface area (Å²) in [7, 11) is 0. The normalized spacial score (nSPS) is 12.6. The minimum absolute atomic E-state index is 0.318. The van der Waals surface area contributed by atoms with Gasteiger partial charge in [0.05, 0.1) is 12.0 Å². The summed E-state index contributed by atoms with van der Waals surface area (Å²) in [6.45, 7) is 6.20. The van der Waals surface area contributed by atoms with E-state index in [0.29, 0.717) is 6.04 Å². The number of hydrogen-bond donors (Lipinski definition) is 1. The highest BCUT2D eigenvalue weighted by atomic mass is 35.5. The summed E-state index contributed by atoms with van der Waals surface area (Å²) >= 11 is 6.07. The van der Waals surface area contributed by atoms with Crippen LogP contribution in [0, 0.1) is 0 Å². The van der Waals surface area contributed by atoms with E-state index in [-0.39, 0.29) is 0 Å². The number of aryl methyl sites for hydroxylation is 1. The highest BCUT2D eigenvalue weighted by molar-refractivity contribution is 6.30. The summed E-state index contributed by atoms with van der Waals surface area (Å²) in [6.07, 6.45) is 5.99. The minimum atomic E-state index is 0.318. The van der Waals surface area contributed by atoms with E-state index in [0.717, 1.165) is 31.0 Å². The molecule has 0 aliphatic heterocycles. The summed E-state index contributed by atoms with van der Waals surface area (Å²) in [5, 5.41) is 4.39. The van der Waals surface area contributed by atoms with Gasteiger partial charge >= 0.3 is 0 Å². The van der Waals surface area contributed by atoms with Gasteiger partial charge in [0.25, 0.3) is 0 Å². The van der Waals surface area contributed by atoms with Crippen molar-refractivity contribution in [1.82, 2.24) is 14.9 Å². The van der Waals surface area contributed by atoms with E-state index in [2.05, 4.69) is 34.8 Å². The Kier molecular flexibility index (Phi) is 5.62. The van der Waals surface area contributed by atoms with E-state index >= 15 is 0 Å². The Labute approximate surface area is 126 Å². The summed E-state index contributed by atoms with van der Waals surface area (Å²) in [5.74, 6) is 0. The molecule has 2 rings (SSSR count). The standard InChI is InChI=1S/C16H22ClN3/c1-3-8-20-12-18-10-15(20)11-19-16(4-2)13-6-5-7-14(17)9-13/h5-7,9-10,12,16,19H,3-4,8,11H2,1-2H3. The van der Waals surface area contributed by atoms with E-state index < -0.39 is 0 Å². The zero-order valence-electron chi connectivity index (χ0n) is 12.1. The van der Waals surface area contributed by atoms with Crippen LogP contribution in [-0.2, 0) is 13.1 Å². The number of aromatic nitrogens is 2. The van der Waals surface area contributed by atoms with Crippen LogP contribution in [0.2, 0.25) is 5.02 Å². The van der Waals surface area contributed by atoms with E-state index in [1.54, 1.807) is 0 Å². The van der Waals surface area contributed by atoms with Crippen LogP contribution in [0.3, 0.4) is 0 Å². The first-order valence-electron chi connectivity index (χ1n) is 7.22. The smallest absolute Gasteiger partial charge is 0.0948 e. The van der Waals surface area contributed by atoms with Crippen molar-refractivity contribution in [3.63, 3.8) is 0 Å². The third-order valence-corrected chi connectivity index (χ3v) is 3.69. The van der Waals surface area contributed by atoms with Crippen LogP contribution in [0.1, 0.15) is 44.0 Å². The van der Waals surface area contributed by atoms with Crippen LogP contribution in [0.15, 0.2) is 36.8 Å². The summed E-state index contributed by atoms with van der Waals surface area (Å²) in [4.78, 5) is 4.23. The first-order chi connectivity index (χ1) is 9.74. The minimum Gasteiger partial charge on any atom is -0.333 e. The van der Waals surface area contributed by atoms with Crippen molar-refractivity contribution in [2.24, 2.45) is 0 Å². The molecule has 0 spiro atoms. The van der Waals surface area contributed by atoms with E-state index in [1.807, 2.05) is 30.7 Å². The van der Waals surface area contributed by atoms with Crippen LogP contribution in [-0.4, -0.2) is 9.55 Å². The quantitative estimate of drug-likeness (QED) is 0.829. The first-order valence-corrected chi connectivity index (χ1v) is 7.60. The largest absolute Gasteiger partial charge is 0.333 e. The van der Waals surface area contributed by atoms with Crippen LogP contribution in [0.5, 0.6) is 0 Å². The fraction of sp³-hybridized carbons (Fsp3) is 0.438. The molecule has 1 atom stereocenters. The number of nitrogens with zero attached hydrogens (tertiary/aromatic N) is 2. The molecule has 3 nitrogen and oxygen atoms in total. The first kappa shape index (κ1) is 15.1. The molecule has 1 aromatic carbocycles. The Morgan fingerprint density at radius 3 is 2.90 bits per heavy atom. The Hall–Kier alpha value is -1.32. The van der Waals surface area contributed by atoms with Gasteiger partial charge in [0.1, 0.15) is 0 Å². The molecule has 1 aromatic heterocycles. The summed E-state index contributed by atoms with van der Waals surface area (Å²) in [5.41, 5.74) is 2.47. The second-order valence-corrected chi connectivity index (χ2v) is 5.41. The lowest BCUT2D eigenvalue weighted by atomic mass is 10.0. The molecule has 1 N–H and O–H groups in total. The summed E-state index contributed by atoms with van der Waals surface area (Å²) < 4.78 is 2.21. The number of imidazole rings is 1. The topological polar surface area (TPSA) is 29.9 Å². The van der Waals surface area contributed by atoms with Gasteiger partial charge in [-0.25, -0.2) is 4.98 Å². The van der Waals surface area contributed by atoms with Crippen molar-refractivity contribution < 1.29 is 0 Å². The average Bonchev–Trinajstić information content (AvgIpc) is 2.88. The molecule has 0 radical (unpaired) electrons. The zero-order valence-corrected chi connectivity index (χ0v) is 12.9. The molecule has 108 valence electrons. The lowest BCUT2D eigenvalue weighted by Crippen LogP contribution is -2.21. The highest BCUT2D eigenvalue weighted by Crippen LogP contribution is 2.20. The molecule has 4 heteroatoms. The number of hydrogen-bond acceptors (Lipinski definition) is 2. The van der Waals surface area contributed by atoms with Gasteiger partial charge in [-0.15, -0.1) is 0 Å². The van der Waals surface area contributed by atoms with Crippen molar-refractivity contribution in [1.29, 1.82) is 0 Å². The monoisotopic (exact) mass is 291 g/mol. The fourth-order valence-electron chi connectivity index (χ4n) is 2.39. The van der Waals surface area contributed by atoms with Crippen molar-refractivity contribution in [2.45, 2.75) is 45.8 Å². The van der Waals surface area contributed by atoms with Crippen LogP contribution < -0.4 is 5.32 Å². The molecule has 0 amide bonds. The number of rotatable bonds is 7. The van der Waals surface area contributed by atoms with Gasteiger partial charge in [0, 0.05) is 30.4 Å². The molecular weight excluding hydrogens is 270 g/mol. The molecule has 20 heavy (non-hydrogen) atoms. The Bertz CT molecular complexity index is 536. The fourth-order valence-corrected chi connectivity index (χ4v) is 2.59. The molecule has 1 heterocycles. The lowest BCUT2D eigenvalue weighted by molar-refractivity contribution is 0.500. The van der Waals surface area contributed by atoms with Crippen LogP contribution >= 0.6 is 11.6 Å². The molecule has 1 unspecified atom stereocenters. The predicted molar refractivity (Wildman–Crippen MR) is 83.8 cm³/mol. The van der Waals surface area contributed by atoms with Gasteiger partial charge in [-0.3, -0.25) is 0 Å². The van der Waals surface area contributed by atoms with Crippen molar-refractivity contribution in [2.75, 3.05) is 0 Å². The molecular formula is C16H22ClN3. The second-order valence-electron chi connectivity index (χ2n) is 4.98. The maximum Gasteiger partial charge on any atom is 0.0948 e. The van der Waals surface area contributed by atoms with Gasteiger partial charge in [-0.1, -0.05) is 37.6 Å². The Balaban J connectivity index is 2.02. The number of benzene rings is 1. The van der Waals surface area contributed by atoms with Crippen LogP contribution in [0.25, 0.3) is 0 Å². The molecule has 0 aliphatic rings. The highest BCUT2D eigenvalue weighted by Gasteiger charge is 2.10. The third kappa shape index (κ3) is 3.84. The second kappa shape index (κ2) is 7.46. The number of nitrogens with one attached hydrogen (secondary N) is 1. The van der Waals surface area contributed by atoms with Gasteiger partial charge in [-0.05, 0) is 30.5 Å². The maximum absolute atomic E-state index is 6.07. The van der Waals surface area contributed by atoms with Crippen LogP contribution in [0.4, 0.5) is 0 Å². The molecule has 0 aliphatic carbocycles. The molecule has 0 fully saturated rings. The van der Waals surface area contributed by atoms with Gasteiger partial charge in [0.15, 0.2) is 0 Å². The van der Waals surface area contributed by atoms with Crippen molar-refractivity contribution >= 4 is 11.6 Å². The zero-order chi connectivity index (χ0) is 14.4. The molecule has 0 saturated carbocycles.